The Hall–Kier alpha value is -1.92. The number of aromatic nitrogens is 3. The molecular formula is C11H11ClN4O2. The SMILES string of the molecule is CON(C)C(=O)c1cn(-c2cccnc2)nc1Cl. The maximum Gasteiger partial charge on any atom is 0.281 e. The van der Waals surface area contributed by atoms with Crippen LogP contribution in [0.2, 0.25) is 5.15 Å². The third-order valence-electron chi connectivity index (χ3n) is 2.37. The molecule has 0 saturated carbocycles. The van der Waals surface area contributed by atoms with E-state index in [1.165, 1.54) is 25.0 Å². The van der Waals surface area contributed by atoms with E-state index in [1.807, 2.05) is 6.07 Å². The van der Waals surface area contributed by atoms with Crippen molar-refractivity contribution in [2.24, 2.45) is 0 Å². The van der Waals surface area contributed by atoms with Crippen molar-refractivity contribution in [1.29, 1.82) is 0 Å². The van der Waals surface area contributed by atoms with Gasteiger partial charge in [0.15, 0.2) is 5.15 Å². The van der Waals surface area contributed by atoms with Crippen LogP contribution in [-0.2, 0) is 4.84 Å². The van der Waals surface area contributed by atoms with Crippen molar-refractivity contribution in [2.75, 3.05) is 14.2 Å². The quantitative estimate of drug-likeness (QED) is 0.791. The average Bonchev–Trinajstić information content (AvgIpc) is 2.80. The molecule has 0 unspecified atom stereocenters. The highest BCUT2D eigenvalue weighted by atomic mass is 35.5. The van der Waals surface area contributed by atoms with Gasteiger partial charge in [-0.3, -0.25) is 14.6 Å². The number of hydroxylamine groups is 2. The number of nitrogens with zero attached hydrogens (tertiary/aromatic N) is 4. The van der Waals surface area contributed by atoms with Gasteiger partial charge >= 0.3 is 0 Å². The molecular weight excluding hydrogens is 256 g/mol. The summed E-state index contributed by atoms with van der Waals surface area (Å²) in [6.07, 6.45) is 4.81. The molecule has 94 valence electrons. The molecule has 0 N–H and O–H groups in total. The van der Waals surface area contributed by atoms with E-state index in [9.17, 15) is 4.79 Å². The lowest BCUT2D eigenvalue weighted by atomic mass is 10.3. The van der Waals surface area contributed by atoms with Gasteiger partial charge < -0.3 is 0 Å². The summed E-state index contributed by atoms with van der Waals surface area (Å²) in [6.45, 7) is 0. The molecule has 0 bridgehead atoms. The number of carbonyl (C=O) groups is 1. The number of hydrogen-bond acceptors (Lipinski definition) is 4. The van der Waals surface area contributed by atoms with E-state index in [-0.39, 0.29) is 16.6 Å². The van der Waals surface area contributed by atoms with Crippen molar-refractivity contribution in [3.8, 4) is 5.69 Å². The molecule has 0 aliphatic rings. The Morgan fingerprint density at radius 3 is 2.94 bits per heavy atom. The Morgan fingerprint density at radius 1 is 1.56 bits per heavy atom. The topological polar surface area (TPSA) is 60.2 Å². The van der Waals surface area contributed by atoms with Crippen molar-refractivity contribution in [1.82, 2.24) is 19.8 Å². The van der Waals surface area contributed by atoms with Gasteiger partial charge in [-0.05, 0) is 12.1 Å². The summed E-state index contributed by atoms with van der Waals surface area (Å²) in [5, 5.41) is 5.26. The van der Waals surface area contributed by atoms with Crippen LogP contribution >= 0.6 is 11.6 Å². The number of pyridine rings is 1. The second kappa shape index (κ2) is 5.16. The van der Waals surface area contributed by atoms with Gasteiger partial charge in [0.25, 0.3) is 5.91 Å². The zero-order valence-corrected chi connectivity index (χ0v) is 10.6. The van der Waals surface area contributed by atoms with Crippen molar-refractivity contribution in [2.45, 2.75) is 0 Å². The minimum Gasteiger partial charge on any atom is -0.274 e. The lowest BCUT2D eigenvalue weighted by Crippen LogP contribution is -2.25. The molecule has 0 spiro atoms. The molecule has 0 atom stereocenters. The van der Waals surface area contributed by atoms with Gasteiger partial charge in [-0.25, -0.2) is 9.75 Å². The van der Waals surface area contributed by atoms with Crippen LogP contribution < -0.4 is 0 Å². The van der Waals surface area contributed by atoms with Crippen LogP contribution in [0.25, 0.3) is 5.69 Å². The first-order valence-electron chi connectivity index (χ1n) is 5.11. The normalized spacial score (nSPS) is 10.4. The minimum absolute atomic E-state index is 0.118. The number of amides is 1. The maximum atomic E-state index is 11.9. The second-order valence-corrected chi connectivity index (χ2v) is 3.83. The van der Waals surface area contributed by atoms with E-state index < -0.39 is 0 Å². The summed E-state index contributed by atoms with van der Waals surface area (Å²) in [6, 6.07) is 3.58. The smallest absolute Gasteiger partial charge is 0.274 e. The van der Waals surface area contributed by atoms with Crippen LogP contribution in [0.1, 0.15) is 10.4 Å². The number of halogens is 1. The first kappa shape index (κ1) is 12.5. The predicted molar refractivity (Wildman–Crippen MR) is 65.5 cm³/mol. The zero-order chi connectivity index (χ0) is 13.1. The van der Waals surface area contributed by atoms with Crippen LogP contribution in [0.4, 0.5) is 0 Å². The van der Waals surface area contributed by atoms with E-state index in [1.54, 1.807) is 18.5 Å². The highest BCUT2D eigenvalue weighted by Crippen LogP contribution is 2.17. The summed E-state index contributed by atoms with van der Waals surface area (Å²) in [4.78, 5) is 20.7. The van der Waals surface area contributed by atoms with Gasteiger partial charge in [-0.1, -0.05) is 11.6 Å². The highest BCUT2D eigenvalue weighted by Gasteiger charge is 2.19. The van der Waals surface area contributed by atoms with Gasteiger partial charge in [0, 0.05) is 19.4 Å². The summed E-state index contributed by atoms with van der Waals surface area (Å²) < 4.78 is 1.49. The van der Waals surface area contributed by atoms with Gasteiger partial charge in [0.1, 0.15) is 0 Å². The van der Waals surface area contributed by atoms with Crippen molar-refractivity contribution >= 4 is 17.5 Å². The number of carbonyl (C=O) groups excluding carboxylic acids is 1. The third-order valence-corrected chi connectivity index (χ3v) is 2.65. The molecule has 2 aromatic rings. The molecule has 2 heterocycles. The molecule has 2 aromatic heterocycles. The highest BCUT2D eigenvalue weighted by molar-refractivity contribution is 6.32. The van der Waals surface area contributed by atoms with Crippen molar-refractivity contribution in [3.63, 3.8) is 0 Å². The van der Waals surface area contributed by atoms with E-state index in [4.69, 9.17) is 16.4 Å². The van der Waals surface area contributed by atoms with Crippen LogP contribution in [0.15, 0.2) is 30.7 Å². The Balaban J connectivity index is 2.36. The standard InChI is InChI=1S/C11H11ClN4O2/c1-15(18-2)11(17)9-7-16(14-10(9)12)8-4-3-5-13-6-8/h3-7H,1-2H3. The molecule has 6 nitrogen and oxygen atoms in total. The molecule has 0 radical (unpaired) electrons. The average molecular weight is 267 g/mol. The van der Waals surface area contributed by atoms with E-state index in [0.717, 1.165) is 10.8 Å². The van der Waals surface area contributed by atoms with Crippen LogP contribution in [-0.4, -0.2) is 39.9 Å². The molecule has 0 aliphatic heterocycles. The maximum absolute atomic E-state index is 11.9. The Bertz CT molecular complexity index is 555. The van der Waals surface area contributed by atoms with Crippen molar-refractivity contribution < 1.29 is 9.63 Å². The summed E-state index contributed by atoms with van der Waals surface area (Å²) >= 11 is 5.94. The van der Waals surface area contributed by atoms with Crippen LogP contribution in [0.3, 0.4) is 0 Å². The fourth-order valence-electron chi connectivity index (χ4n) is 1.37. The first-order chi connectivity index (χ1) is 8.63. The van der Waals surface area contributed by atoms with Crippen molar-refractivity contribution in [3.05, 3.63) is 41.4 Å². The number of rotatable bonds is 3. The molecule has 0 saturated heterocycles. The molecule has 0 aromatic carbocycles. The summed E-state index contributed by atoms with van der Waals surface area (Å²) in [5.41, 5.74) is 0.989. The summed E-state index contributed by atoms with van der Waals surface area (Å²) in [5.74, 6) is -0.363. The predicted octanol–water partition coefficient (Wildman–Crippen LogP) is 1.55. The van der Waals surface area contributed by atoms with Gasteiger partial charge in [-0.15, -0.1) is 0 Å². The van der Waals surface area contributed by atoms with Gasteiger partial charge in [0.05, 0.1) is 24.6 Å². The summed E-state index contributed by atoms with van der Waals surface area (Å²) in [7, 11) is 2.90. The Morgan fingerprint density at radius 2 is 2.33 bits per heavy atom. The van der Waals surface area contributed by atoms with Gasteiger partial charge in [0.2, 0.25) is 0 Å². The molecule has 18 heavy (non-hydrogen) atoms. The second-order valence-electron chi connectivity index (χ2n) is 3.47. The van der Waals surface area contributed by atoms with E-state index >= 15 is 0 Å². The molecule has 7 heteroatoms. The van der Waals surface area contributed by atoms with Crippen LogP contribution in [0.5, 0.6) is 0 Å². The van der Waals surface area contributed by atoms with Crippen LogP contribution in [0, 0.1) is 0 Å². The monoisotopic (exact) mass is 266 g/mol. The molecule has 1 amide bonds. The minimum atomic E-state index is -0.363. The van der Waals surface area contributed by atoms with Gasteiger partial charge in [-0.2, -0.15) is 5.10 Å². The Labute approximate surface area is 109 Å². The van der Waals surface area contributed by atoms with E-state index in [0.29, 0.717) is 0 Å². The fraction of sp³-hybridized carbons (Fsp3) is 0.182. The zero-order valence-electron chi connectivity index (χ0n) is 9.87. The van der Waals surface area contributed by atoms with E-state index in [2.05, 4.69) is 10.1 Å². The fourth-order valence-corrected chi connectivity index (χ4v) is 1.58. The molecule has 0 aliphatic carbocycles. The lowest BCUT2D eigenvalue weighted by Gasteiger charge is -2.11. The molecule has 0 fully saturated rings. The largest absolute Gasteiger partial charge is 0.281 e. The third kappa shape index (κ3) is 2.34. The Kier molecular flexibility index (Phi) is 3.59. The first-order valence-corrected chi connectivity index (χ1v) is 5.49. The molecule has 2 rings (SSSR count). The number of hydrogen-bond donors (Lipinski definition) is 0. The lowest BCUT2D eigenvalue weighted by molar-refractivity contribution is -0.0756.